The number of nitrogens with two attached hydrogens (primary N) is 1. The topological polar surface area (TPSA) is 46.3 Å². The molecule has 17 heavy (non-hydrogen) atoms. The highest BCUT2D eigenvalue weighted by Gasteiger charge is 2.18. The van der Waals surface area contributed by atoms with Crippen molar-refractivity contribution in [3.63, 3.8) is 0 Å². The second-order valence-electron chi connectivity index (χ2n) is 4.83. The molecule has 0 fully saturated rings. The molecule has 3 nitrogen and oxygen atoms in total. The van der Waals surface area contributed by atoms with Crippen molar-refractivity contribution in [3.05, 3.63) is 35.4 Å². The molecule has 3 heteroatoms. The lowest BCUT2D eigenvalue weighted by Crippen LogP contribution is -2.36. The van der Waals surface area contributed by atoms with Gasteiger partial charge in [0.05, 0.1) is 0 Å². The Kier molecular flexibility index (Phi) is 3.79. The number of hydrogen-bond acceptors (Lipinski definition) is 2. The first-order valence-electron chi connectivity index (χ1n) is 6.27. The first-order valence-corrected chi connectivity index (χ1v) is 6.27. The second kappa shape index (κ2) is 5.32. The van der Waals surface area contributed by atoms with Crippen LogP contribution >= 0.6 is 0 Å². The monoisotopic (exact) mass is 232 g/mol. The fourth-order valence-electron chi connectivity index (χ4n) is 2.32. The Bertz CT molecular complexity index is 374. The zero-order valence-electron chi connectivity index (χ0n) is 10.4. The summed E-state index contributed by atoms with van der Waals surface area (Å²) >= 11 is 0. The van der Waals surface area contributed by atoms with Crippen molar-refractivity contribution in [1.29, 1.82) is 0 Å². The van der Waals surface area contributed by atoms with E-state index in [1.165, 1.54) is 11.1 Å². The van der Waals surface area contributed by atoms with Crippen molar-refractivity contribution in [3.8, 4) is 0 Å². The van der Waals surface area contributed by atoms with Gasteiger partial charge in [-0.25, -0.2) is 0 Å². The molecule has 0 spiro atoms. The van der Waals surface area contributed by atoms with Crippen LogP contribution in [-0.2, 0) is 17.6 Å². The van der Waals surface area contributed by atoms with Crippen LogP contribution < -0.4 is 5.73 Å². The van der Waals surface area contributed by atoms with Gasteiger partial charge in [-0.05, 0) is 30.9 Å². The van der Waals surface area contributed by atoms with Gasteiger partial charge in [0, 0.05) is 25.6 Å². The first-order chi connectivity index (χ1) is 8.16. The molecule has 92 valence electrons. The molecule has 0 radical (unpaired) electrons. The van der Waals surface area contributed by atoms with E-state index in [1.807, 2.05) is 11.8 Å². The van der Waals surface area contributed by atoms with Crippen molar-refractivity contribution in [2.45, 2.75) is 32.2 Å². The molecule has 1 aromatic rings. The van der Waals surface area contributed by atoms with Gasteiger partial charge in [-0.15, -0.1) is 0 Å². The largest absolute Gasteiger partial charge is 0.342 e. The number of rotatable bonds is 2. The Morgan fingerprint density at radius 3 is 2.29 bits per heavy atom. The zero-order chi connectivity index (χ0) is 12.3. The lowest BCUT2D eigenvalue weighted by Gasteiger charge is -2.21. The molecule has 0 saturated carbocycles. The first kappa shape index (κ1) is 12.1. The van der Waals surface area contributed by atoms with E-state index in [0.717, 1.165) is 25.9 Å². The molecule has 0 saturated heterocycles. The molecule has 2 rings (SSSR count). The van der Waals surface area contributed by atoms with Gasteiger partial charge in [0.2, 0.25) is 5.91 Å². The molecule has 0 aliphatic carbocycles. The SMILES string of the molecule is CC(N)CC(=O)N1CCc2ccccc2CC1. The van der Waals surface area contributed by atoms with E-state index in [1.54, 1.807) is 0 Å². The number of benzene rings is 1. The Hall–Kier alpha value is -1.35. The van der Waals surface area contributed by atoms with E-state index in [-0.39, 0.29) is 11.9 Å². The highest BCUT2D eigenvalue weighted by molar-refractivity contribution is 5.76. The molecule has 2 N–H and O–H groups in total. The molecule has 1 unspecified atom stereocenters. The van der Waals surface area contributed by atoms with Crippen LogP contribution in [0.2, 0.25) is 0 Å². The fourth-order valence-corrected chi connectivity index (χ4v) is 2.32. The normalized spacial score (nSPS) is 17.2. The number of amides is 1. The summed E-state index contributed by atoms with van der Waals surface area (Å²) in [6.45, 7) is 3.52. The third-order valence-corrected chi connectivity index (χ3v) is 3.27. The summed E-state index contributed by atoms with van der Waals surface area (Å²) in [5, 5.41) is 0. The summed E-state index contributed by atoms with van der Waals surface area (Å²) in [6, 6.07) is 8.41. The van der Waals surface area contributed by atoms with Gasteiger partial charge in [0.25, 0.3) is 0 Å². The average molecular weight is 232 g/mol. The summed E-state index contributed by atoms with van der Waals surface area (Å²) in [4.78, 5) is 13.9. The van der Waals surface area contributed by atoms with E-state index < -0.39 is 0 Å². The summed E-state index contributed by atoms with van der Waals surface area (Å²) in [5.41, 5.74) is 8.43. The third-order valence-electron chi connectivity index (χ3n) is 3.27. The molecule has 1 aromatic carbocycles. The molecule has 0 bridgehead atoms. The Balaban J connectivity index is 2.01. The Labute approximate surface area is 103 Å². The average Bonchev–Trinajstić information content (AvgIpc) is 2.50. The Morgan fingerprint density at radius 1 is 1.29 bits per heavy atom. The van der Waals surface area contributed by atoms with Gasteiger partial charge < -0.3 is 10.6 Å². The molecule has 0 aromatic heterocycles. The van der Waals surface area contributed by atoms with Crippen LogP contribution in [-0.4, -0.2) is 29.9 Å². The number of carbonyl (C=O) groups excluding carboxylic acids is 1. The van der Waals surface area contributed by atoms with Crippen LogP contribution in [0.1, 0.15) is 24.5 Å². The van der Waals surface area contributed by atoms with Crippen molar-refractivity contribution < 1.29 is 4.79 Å². The van der Waals surface area contributed by atoms with Gasteiger partial charge in [0.1, 0.15) is 0 Å². The molecular weight excluding hydrogens is 212 g/mol. The van der Waals surface area contributed by atoms with Crippen LogP contribution in [0.4, 0.5) is 0 Å². The summed E-state index contributed by atoms with van der Waals surface area (Å²) in [6.07, 6.45) is 2.37. The number of carbonyl (C=O) groups is 1. The summed E-state index contributed by atoms with van der Waals surface area (Å²) < 4.78 is 0. The van der Waals surface area contributed by atoms with Crippen LogP contribution in [0.25, 0.3) is 0 Å². The molecular formula is C14H20N2O. The summed E-state index contributed by atoms with van der Waals surface area (Å²) in [7, 11) is 0. The van der Waals surface area contributed by atoms with Crippen molar-refractivity contribution in [2.24, 2.45) is 5.73 Å². The predicted octanol–water partition coefficient (Wildman–Crippen LogP) is 1.35. The zero-order valence-corrected chi connectivity index (χ0v) is 10.4. The van der Waals surface area contributed by atoms with E-state index in [4.69, 9.17) is 5.73 Å². The minimum absolute atomic E-state index is 0.0480. The van der Waals surface area contributed by atoms with Gasteiger partial charge >= 0.3 is 0 Å². The maximum absolute atomic E-state index is 12.0. The third kappa shape index (κ3) is 3.07. The Morgan fingerprint density at radius 2 is 1.82 bits per heavy atom. The van der Waals surface area contributed by atoms with E-state index in [9.17, 15) is 4.79 Å². The number of hydrogen-bond donors (Lipinski definition) is 1. The van der Waals surface area contributed by atoms with Crippen LogP contribution in [0.5, 0.6) is 0 Å². The van der Waals surface area contributed by atoms with Gasteiger partial charge in [-0.2, -0.15) is 0 Å². The molecule has 1 heterocycles. The van der Waals surface area contributed by atoms with E-state index >= 15 is 0 Å². The van der Waals surface area contributed by atoms with Crippen LogP contribution in [0.3, 0.4) is 0 Å². The lowest BCUT2D eigenvalue weighted by atomic mass is 10.0. The van der Waals surface area contributed by atoms with Crippen LogP contribution in [0.15, 0.2) is 24.3 Å². The second-order valence-corrected chi connectivity index (χ2v) is 4.83. The summed E-state index contributed by atoms with van der Waals surface area (Å²) in [5.74, 6) is 0.188. The van der Waals surface area contributed by atoms with Gasteiger partial charge in [-0.1, -0.05) is 24.3 Å². The molecule has 1 aliphatic heterocycles. The maximum atomic E-state index is 12.0. The standard InChI is InChI=1S/C14H20N2O/c1-11(15)10-14(17)16-8-6-12-4-2-3-5-13(12)7-9-16/h2-5,11H,6-10,15H2,1H3. The van der Waals surface area contributed by atoms with E-state index in [0.29, 0.717) is 6.42 Å². The van der Waals surface area contributed by atoms with Gasteiger partial charge in [0.15, 0.2) is 0 Å². The van der Waals surface area contributed by atoms with Gasteiger partial charge in [-0.3, -0.25) is 4.79 Å². The molecule has 1 aliphatic rings. The predicted molar refractivity (Wildman–Crippen MR) is 68.7 cm³/mol. The van der Waals surface area contributed by atoms with Crippen LogP contribution in [0, 0.1) is 0 Å². The lowest BCUT2D eigenvalue weighted by molar-refractivity contribution is -0.131. The van der Waals surface area contributed by atoms with E-state index in [2.05, 4.69) is 24.3 Å². The highest BCUT2D eigenvalue weighted by Crippen LogP contribution is 2.16. The quantitative estimate of drug-likeness (QED) is 0.836. The van der Waals surface area contributed by atoms with Crippen molar-refractivity contribution >= 4 is 5.91 Å². The highest BCUT2D eigenvalue weighted by atomic mass is 16.2. The molecule has 1 amide bonds. The molecule has 1 atom stereocenters. The van der Waals surface area contributed by atoms with Crippen molar-refractivity contribution in [1.82, 2.24) is 4.90 Å². The minimum Gasteiger partial charge on any atom is -0.342 e. The minimum atomic E-state index is -0.0480. The fraction of sp³-hybridized carbons (Fsp3) is 0.500. The number of fused-ring (bicyclic) bond motifs is 1. The smallest absolute Gasteiger partial charge is 0.224 e. The maximum Gasteiger partial charge on any atom is 0.224 e. The number of nitrogens with zero attached hydrogens (tertiary/aromatic N) is 1. The van der Waals surface area contributed by atoms with Crippen molar-refractivity contribution in [2.75, 3.05) is 13.1 Å².